The summed E-state index contributed by atoms with van der Waals surface area (Å²) in [6, 6.07) is 6.42. The first kappa shape index (κ1) is 14.1. The van der Waals surface area contributed by atoms with Crippen LogP contribution in [-0.4, -0.2) is 25.2 Å². The van der Waals surface area contributed by atoms with Crippen molar-refractivity contribution in [3.63, 3.8) is 0 Å². The van der Waals surface area contributed by atoms with E-state index in [0.717, 1.165) is 30.7 Å². The Morgan fingerprint density at radius 1 is 1.24 bits per heavy atom. The molecule has 110 valence electrons. The van der Waals surface area contributed by atoms with Gasteiger partial charge in [0.15, 0.2) is 0 Å². The molecule has 0 saturated carbocycles. The Hall–Kier alpha value is -1.81. The summed E-state index contributed by atoms with van der Waals surface area (Å²) < 4.78 is 4.12. The summed E-state index contributed by atoms with van der Waals surface area (Å²) in [6.07, 6.45) is 5.72. The van der Waals surface area contributed by atoms with Crippen molar-refractivity contribution in [3.8, 4) is 0 Å². The molecule has 3 rings (SSSR count). The van der Waals surface area contributed by atoms with Crippen molar-refractivity contribution < 1.29 is 0 Å². The minimum Gasteiger partial charge on any atom is -0.328 e. The molecule has 0 saturated heterocycles. The molecule has 1 aromatic carbocycles. The van der Waals surface area contributed by atoms with E-state index in [2.05, 4.69) is 41.0 Å². The number of alkyl halides is 1. The second-order valence-electron chi connectivity index (χ2n) is 5.38. The minimum absolute atomic E-state index is 0.592. The third-order valence-corrected chi connectivity index (χ3v) is 3.87. The van der Waals surface area contributed by atoms with E-state index in [1.54, 1.807) is 0 Å². The van der Waals surface area contributed by atoms with Crippen molar-refractivity contribution in [2.45, 2.75) is 26.3 Å². The maximum absolute atomic E-state index is 5.92. The van der Waals surface area contributed by atoms with Gasteiger partial charge in [0.25, 0.3) is 0 Å². The van der Waals surface area contributed by atoms with Crippen molar-refractivity contribution in [1.29, 1.82) is 0 Å². The van der Waals surface area contributed by atoms with Crippen LogP contribution in [0.2, 0.25) is 0 Å². The Kier molecular flexibility index (Phi) is 3.97. The number of fused-ring (bicyclic) bond motifs is 1. The maximum Gasteiger partial charge on any atom is 0.111 e. The van der Waals surface area contributed by atoms with Crippen LogP contribution in [0.4, 0.5) is 0 Å². The van der Waals surface area contributed by atoms with Gasteiger partial charge in [-0.25, -0.2) is 4.98 Å². The van der Waals surface area contributed by atoms with Gasteiger partial charge in [0, 0.05) is 32.1 Å². The van der Waals surface area contributed by atoms with Crippen LogP contribution in [0.5, 0.6) is 0 Å². The summed E-state index contributed by atoms with van der Waals surface area (Å²) >= 11 is 5.92. The number of rotatable bonds is 5. The van der Waals surface area contributed by atoms with Crippen LogP contribution >= 0.6 is 11.6 Å². The highest BCUT2D eigenvalue weighted by molar-refractivity contribution is 6.17. The first-order chi connectivity index (χ1) is 10.2. The molecule has 3 aromatic rings. The fourth-order valence-electron chi connectivity index (χ4n) is 2.66. The van der Waals surface area contributed by atoms with Crippen molar-refractivity contribution in [2.24, 2.45) is 7.05 Å². The summed E-state index contributed by atoms with van der Waals surface area (Å²) in [5, 5.41) is 4.22. The predicted octanol–water partition coefficient (Wildman–Crippen LogP) is 3.10. The first-order valence-electron chi connectivity index (χ1n) is 7.16. The van der Waals surface area contributed by atoms with Gasteiger partial charge < -0.3 is 4.57 Å². The molecule has 5 heteroatoms. The minimum atomic E-state index is 0.592. The van der Waals surface area contributed by atoms with E-state index in [4.69, 9.17) is 16.6 Å². The van der Waals surface area contributed by atoms with Gasteiger partial charge in [0.1, 0.15) is 5.82 Å². The normalized spacial score (nSPS) is 11.4. The van der Waals surface area contributed by atoms with E-state index in [1.807, 2.05) is 17.9 Å². The second kappa shape index (κ2) is 5.90. The van der Waals surface area contributed by atoms with E-state index >= 15 is 0 Å². The molecule has 2 heterocycles. The third kappa shape index (κ3) is 2.95. The smallest absolute Gasteiger partial charge is 0.111 e. The number of halogens is 1. The molecule has 4 nitrogen and oxygen atoms in total. The molecule has 21 heavy (non-hydrogen) atoms. The van der Waals surface area contributed by atoms with E-state index in [-0.39, 0.29) is 0 Å². The van der Waals surface area contributed by atoms with Crippen molar-refractivity contribution in [1.82, 2.24) is 19.3 Å². The molecule has 0 bridgehead atoms. The number of aromatic nitrogens is 4. The molecule has 0 radical (unpaired) electrons. The lowest BCUT2D eigenvalue weighted by Crippen LogP contribution is -2.06. The Balaban J connectivity index is 1.92. The Bertz CT molecular complexity index is 757. The largest absolute Gasteiger partial charge is 0.328 e. The molecule has 0 aliphatic carbocycles. The Labute approximate surface area is 129 Å². The zero-order valence-electron chi connectivity index (χ0n) is 12.4. The molecule has 2 aromatic heterocycles. The topological polar surface area (TPSA) is 35.6 Å². The third-order valence-electron chi connectivity index (χ3n) is 3.68. The summed E-state index contributed by atoms with van der Waals surface area (Å²) in [5.74, 6) is 1.66. The van der Waals surface area contributed by atoms with Crippen molar-refractivity contribution in [3.05, 3.63) is 47.5 Å². The van der Waals surface area contributed by atoms with Crippen LogP contribution in [0.3, 0.4) is 0 Å². The second-order valence-corrected chi connectivity index (χ2v) is 5.76. The summed E-state index contributed by atoms with van der Waals surface area (Å²) in [7, 11) is 1.94. The van der Waals surface area contributed by atoms with Gasteiger partial charge in [-0.3, -0.25) is 4.68 Å². The van der Waals surface area contributed by atoms with Crippen LogP contribution in [0.1, 0.15) is 17.0 Å². The fraction of sp³-hybridized carbons (Fsp3) is 0.375. The number of hydrogen-bond donors (Lipinski definition) is 0. The van der Waals surface area contributed by atoms with Crippen molar-refractivity contribution in [2.75, 3.05) is 5.88 Å². The highest BCUT2D eigenvalue weighted by Gasteiger charge is 2.10. The fourth-order valence-corrected chi connectivity index (χ4v) is 2.83. The Morgan fingerprint density at radius 3 is 2.81 bits per heavy atom. The molecule has 0 unspecified atom stereocenters. The van der Waals surface area contributed by atoms with Crippen LogP contribution in [0.15, 0.2) is 30.6 Å². The molecular weight excluding hydrogens is 284 g/mol. The number of benzene rings is 1. The van der Waals surface area contributed by atoms with Crippen molar-refractivity contribution >= 4 is 22.6 Å². The van der Waals surface area contributed by atoms with Crippen LogP contribution in [0.25, 0.3) is 11.0 Å². The van der Waals surface area contributed by atoms with Gasteiger partial charge in [-0.2, -0.15) is 5.10 Å². The van der Waals surface area contributed by atoms with Gasteiger partial charge in [0.2, 0.25) is 0 Å². The van der Waals surface area contributed by atoms with E-state index in [0.29, 0.717) is 5.88 Å². The molecule has 0 aliphatic heterocycles. The summed E-state index contributed by atoms with van der Waals surface area (Å²) in [5.41, 5.74) is 4.71. The van der Waals surface area contributed by atoms with Gasteiger partial charge >= 0.3 is 0 Å². The van der Waals surface area contributed by atoms with E-state index in [1.165, 1.54) is 16.6 Å². The van der Waals surface area contributed by atoms with E-state index < -0.39 is 0 Å². The molecule has 0 fully saturated rings. The molecule has 0 aliphatic rings. The highest BCUT2D eigenvalue weighted by Crippen LogP contribution is 2.19. The molecule has 0 amide bonds. The summed E-state index contributed by atoms with van der Waals surface area (Å²) in [4.78, 5) is 4.74. The SMILES string of the molecule is Cc1ccc2c(c1)nc(CCCl)n2CCc1cnn(C)c1. The van der Waals surface area contributed by atoms with Gasteiger partial charge in [-0.1, -0.05) is 6.07 Å². The highest BCUT2D eigenvalue weighted by atomic mass is 35.5. The lowest BCUT2D eigenvalue weighted by Gasteiger charge is -2.07. The quantitative estimate of drug-likeness (QED) is 0.679. The van der Waals surface area contributed by atoms with Gasteiger partial charge in [0.05, 0.1) is 17.2 Å². The van der Waals surface area contributed by atoms with Gasteiger partial charge in [-0.05, 0) is 36.6 Å². The molecule has 0 spiro atoms. The summed E-state index contributed by atoms with van der Waals surface area (Å²) in [6.45, 7) is 2.99. The molecule has 0 N–H and O–H groups in total. The lowest BCUT2D eigenvalue weighted by molar-refractivity contribution is 0.674. The lowest BCUT2D eigenvalue weighted by atomic mass is 10.2. The zero-order chi connectivity index (χ0) is 14.8. The molecule has 0 atom stereocenters. The Morgan fingerprint density at radius 2 is 2.10 bits per heavy atom. The van der Waals surface area contributed by atoms with Gasteiger partial charge in [-0.15, -0.1) is 11.6 Å². The number of nitrogens with zero attached hydrogens (tertiary/aromatic N) is 4. The average molecular weight is 303 g/mol. The number of imidazole rings is 1. The van der Waals surface area contributed by atoms with Crippen LogP contribution < -0.4 is 0 Å². The van der Waals surface area contributed by atoms with E-state index in [9.17, 15) is 0 Å². The number of aryl methyl sites for hydroxylation is 5. The van der Waals surface area contributed by atoms with Crippen LogP contribution in [-0.2, 0) is 26.4 Å². The maximum atomic E-state index is 5.92. The van der Waals surface area contributed by atoms with Crippen LogP contribution in [0, 0.1) is 6.92 Å². The average Bonchev–Trinajstić information content (AvgIpc) is 3.00. The molecular formula is C16H19ClN4. The predicted molar refractivity (Wildman–Crippen MR) is 85.8 cm³/mol. The number of hydrogen-bond acceptors (Lipinski definition) is 2. The standard InChI is InChI=1S/C16H19ClN4/c1-12-3-4-15-14(9-12)19-16(5-7-17)21(15)8-6-13-10-18-20(2)11-13/h3-4,9-11H,5-8H2,1-2H3. The zero-order valence-corrected chi connectivity index (χ0v) is 13.1. The first-order valence-corrected chi connectivity index (χ1v) is 7.70. The monoisotopic (exact) mass is 302 g/mol.